The maximum Gasteiger partial charge on any atom is 0.407 e. The normalized spacial score (nSPS) is 42.3. The van der Waals surface area contributed by atoms with Crippen LogP contribution in [-0.4, -0.2) is 41.3 Å². The van der Waals surface area contributed by atoms with E-state index in [9.17, 15) is 4.79 Å². The van der Waals surface area contributed by atoms with E-state index >= 15 is 0 Å². The van der Waals surface area contributed by atoms with Gasteiger partial charge in [-0.15, -0.1) is 0 Å². The Morgan fingerprint density at radius 2 is 1.79 bits per heavy atom. The summed E-state index contributed by atoms with van der Waals surface area (Å²) in [5.41, 5.74) is 0. The van der Waals surface area contributed by atoms with Crippen molar-refractivity contribution in [3.8, 4) is 0 Å². The van der Waals surface area contributed by atoms with Gasteiger partial charge in [-0.05, 0) is 45.2 Å². The molecule has 0 saturated carbocycles. The molecule has 0 radical (unpaired) electrons. The zero-order chi connectivity index (χ0) is 10.3. The summed E-state index contributed by atoms with van der Waals surface area (Å²) < 4.78 is 0. The number of hydrogen-bond acceptors (Lipinski definition) is 2. The van der Waals surface area contributed by atoms with Crippen molar-refractivity contribution in [3.05, 3.63) is 0 Å². The van der Waals surface area contributed by atoms with Crippen molar-refractivity contribution in [2.75, 3.05) is 13.1 Å². The van der Waals surface area contributed by atoms with Crippen LogP contribution in [0.25, 0.3) is 0 Å². The summed E-state index contributed by atoms with van der Waals surface area (Å²) in [5.74, 6) is 1.00. The SMILES string of the molecule is CC1C2CNCC(C2)C(C)N1C(=O)O. The highest BCUT2D eigenvalue weighted by molar-refractivity contribution is 5.66. The van der Waals surface area contributed by atoms with Gasteiger partial charge < -0.3 is 15.3 Å². The van der Waals surface area contributed by atoms with Crippen LogP contribution >= 0.6 is 0 Å². The molecular formula is C10H18N2O2. The highest BCUT2D eigenvalue weighted by Gasteiger charge is 2.42. The predicted octanol–water partition coefficient (Wildman–Crippen LogP) is 0.983. The summed E-state index contributed by atoms with van der Waals surface area (Å²) in [6.45, 7) is 5.99. The standard InChI is InChI=1S/C10H18N2O2/c1-6-8-3-9(5-11-4-8)7(2)12(6)10(13)14/h6-9,11H,3-5H2,1-2H3,(H,13,14). The van der Waals surface area contributed by atoms with E-state index in [1.54, 1.807) is 4.90 Å². The van der Waals surface area contributed by atoms with E-state index in [0.29, 0.717) is 11.8 Å². The number of likely N-dealkylation sites (tertiary alicyclic amines) is 1. The van der Waals surface area contributed by atoms with Crippen molar-refractivity contribution in [2.45, 2.75) is 32.4 Å². The number of fused-ring (bicyclic) bond motifs is 2. The van der Waals surface area contributed by atoms with Crippen molar-refractivity contribution in [3.63, 3.8) is 0 Å². The number of hydrogen-bond donors (Lipinski definition) is 2. The third kappa shape index (κ3) is 1.38. The highest BCUT2D eigenvalue weighted by atomic mass is 16.4. The zero-order valence-electron chi connectivity index (χ0n) is 8.73. The molecule has 2 heterocycles. The summed E-state index contributed by atoms with van der Waals surface area (Å²) in [7, 11) is 0. The number of amides is 1. The molecule has 2 bridgehead atoms. The molecule has 2 saturated heterocycles. The van der Waals surface area contributed by atoms with Crippen LogP contribution in [0.4, 0.5) is 4.79 Å². The number of carboxylic acid groups (broad SMARTS) is 1. The number of carbonyl (C=O) groups is 1. The molecular weight excluding hydrogens is 180 g/mol. The van der Waals surface area contributed by atoms with Crippen molar-refractivity contribution in [1.29, 1.82) is 0 Å². The second-order valence-electron chi connectivity index (χ2n) is 4.59. The van der Waals surface area contributed by atoms with Crippen LogP contribution in [0.2, 0.25) is 0 Å². The molecule has 4 heteroatoms. The summed E-state index contributed by atoms with van der Waals surface area (Å²) in [6, 6.07) is 0.318. The molecule has 0 aromatic carbocycles. The lowest BCUT2D eigenvalue weighted by Crippen LogP contribution is -2.61. The van der Waals surface area contributed by atoms with E-state index < -0.39 is 6.09 Å². The molecule has 0 aromatic heterocycles. The average molecular weight is 198 g/mol. The Kier molecular flexibility index (Phi) is 2.39. The van der Waals surface area contributed by atoms with Crippen molar-refractivity contribution in [2.24, 2.45) is 11.8 Å². The highest BCUT2D eigenvalue weighted by Crippen LogP contribution is 2.34. The smallest absolute Gasteiger partial charge is 0.407 e. The van der Waals surface area contributed by atoms with Crippen LogP contribution in [0.3, 0.4) is 0 Å². The first-order valence-corrected chi connectivity index (χ1v) is 5.33. The van der Waals surface area contributed by atoms with Crippen LogP contribution in [0.15, 0.2) is 0 Å². The fourth-order valence-electron chi connectivity index (χ4n) is 2.92. The minimum absolute atomic E-state index is 0.159. The second kappa shape index (κ2) is 3.42. The minimum atomic E-state index is -0.762. The van der Waals surface area contributed by atoms with Crippen LogP contribution in [0.5, 0.6) is 0 Å². The predicted molar refractivity (Wildman–Crippen MR) is 53.3 cm³/mol. The quantitative estimate of drug-likeness (QED) is 0.610. The Balaban J connectivity index is 2.20. The summed E-state index contributed by atoms with van der Waals surface area (Å²) in [4.78, 5) is 12.8. The molecule has 1 amide bonds. The molecule has 0 spiro atoms. The van der Waals surface area contributed by atoms with Crippen molar-refractivity contribution < 1.29 is 9.90 Å². The van der Waals surface area contributed by atoms with Gasteiger partial charge in [0.05, 0.1) is 0 Å². The number of piperidine rings is 2. The van der Waals surface area contributed by atoms with E-state index in [0.717, 1.165) is 13.1 Å². The van der Waals surface area contributed by atoms with Crippen LogP contribution in [0.1, 0.15) is 20.3 Å². The number of nitrogens with zero attached hydrogens (tertiary/aromatic N) is 1. The fraction of sp³-hybridized carbons (Fsp3) is 0.900. The van der Waals surface area contributed by atoms with E-state index in [1.165, 1.54) is 6.42 Å². The molecule has 0 aromatic rings. The van der Waals surface area contributed by atoms with Gasteiger partial charge in [0.1, 0.15) is 0 Å². The van der Waals surface area contributed by atoms with E-state index in [2.05, 4.69) is 5.32 Å². The summed E-state index contributed by atoms with van der Waals surface area (Å²) >= 11 is 0. The van der Waals surface area contributed by atoms with Gasteiger partial charge in [-0.3, -0.25) is 0 Å². The largest absolute Gasteiger partial charge is 0.465 e. The lowest BCUT2D eigenvalue weighted by molar-refractivity contribution is 0.00688. The molecule has 2 fully saturated rings. The fourth-order valence-corrected chi connectivity index (χ4v) is 2.92. The van der Waals surface area contributed by atoms with Crippen LogP contribution in [0, 0.1) is 11.8 Å². The summed E-state index contributed by atoms with van der Waals surface area (Å²) in [6.07, 6.45) is 0.417. The first-order valence-electron chi connectivity index (χ1n) is 5.33. The minimum Gasteiger partial charge on any atom is -0.465 e. The lowest BCUT2D eigenvalue weighted by atomic mass is 9.77. The summed E-state index contributed by atoms with van der Waals surface area (Å²) in [5, 5.41) is 12.5. The maximum absolute atomic E-state index is 11.1. The molecule has 14 heavy (non-hydrogen) atoms. The van der Waals surface area contributed by atoms with Gasteiger partial charge in [0, 0.05) is 12.1 Å². The number of rotatable bonds is 0. The Morgan fingerprint density at radius 3 is 2.21 bits per heavy atom. The third-order valence-electron chi connectivity index (χ3n) is 3.88. The molecule has 2 aliphatic rings. The molecule has 2 aliphatic heterocycles. The first kappa shape index (κ1) is 9.77. The molecule has 4 nitrogen and oxygen atoms in total. The Morgan fingerprint density at radius 1 is 1.29 bits per heavy atom. The average Bonchev–Trinajstić information content (AvgIpc) is 2.16. The van der Waals surface area contributed by atoms with Gasteiger partial charge in [0.25, 0.3) is 0 Å². The van der Waals surface area contributed by atoms with Gasteiger partial charge >= 0.3 is 6.09 Å². The molecule has 2 N–H and O–H groups in total. The molecule has 80 valence electrons. The second-order valence-corrected chi connectivity index (χ2v) is 4.59. The molecule has 0 aliphatic carbocycles. The molecule has 2 rings (SSSR count). The molecule has 4 unspecified atom stereocenters. The van der Waals surface area contributed by atoms with E-state index in [-0.39, 0.29) is 12.1 Å². The van der Waals surface area contributed by atoms with Gasteiger partial charge in [0.2, 0.25) is 0 Å². The monoisotopic (exact) mass is 198 g/mol. The Hall–Kier alpha value is -0.770. The molecule has 4 atom stereocenters. The van der Waals surface area contributed by atoms with Crippen molar-refractivity contribution >= 4 is 6.09 Å². The van der Waals surface area contributed by atoms with Crippen molar-refractivity contribution in [1.82, 2.24) is 10.2 Å². The Labute approximate surface area is 84.3 Å². The van der Waals surface area contributed by atoms with Gasteiger partial charge in [-0.1, -0.05) is 0 Å². The van der Waals surface area contributed by atoms with E-state index in [1.807, 2.05) is 13.8 Å². The van der Waals surface area contributed by atoms with Gasteiger partial charge in [-0.25, -0.2) is 4.79 Å². The van der Waals surface area contributed by atoms with Gasteiger partial charge in [-0.2, -0.15) is 0 Å². The number of nitrogens with one attached hydrogen (secondary N) is 1. The van der Waals surface area contributed by atoms with Crippen LogP contribution < -0.4 is 5.32 Å². The van der Waals surface area contributed by atoms with Crippen LogP contribution in [-0.2, 0) is 0 Å². The first-order chi connectivity index (χ1) is 6.61. The third-order valence-corrected chi connectivity index (χ3v) is 3.88. The maximum atomic E-state index is 11.1. The lowest BCUT2D eigenvalue weighted by Gasteiger charge is -2.49. The van der Waals surface area contributed by atoms with E-state index in [4.69, 9.17) is 5.11 Å². The van der Waals surface area contributed by atoms with Gasteiger partial charge in [0.15, 0.2) is 0 Å². The Bertz CT molecular complexity index is 228. The zero-order valence-corrected chi connectivity index (χ0v) is 8.73. The topological polar surface area (TPSA) is 52.6 Å².